The summed E-state index contributed by atoms with van der Waals surface area (Å²) in [6.45, 7) is 2.08. The van der Waals surface area contributed by atoms with E-state index >= 15 is 0 Å². The van der Waals surface area contributed by atoms with Gasteiger partial charge in [-0.2, -0.15) is 0 Å². The van der Waals surface area contributed by atoms with Crippen LogP contribution >= 0.6 is 11.6 Å². The number of imide groups is 1. The molecule has 1 aliphatic heterocycles. The summed E-state index contributed by atoms with van der Waals surface area (Å²) in [6.07, 6.45) is 2.40. The van der Waals surface area contributed by atoms with Crippen LogP contribution in [0.3, 0.4) is 0 Å². The molecule has 1 unspecified atom stereocenters. The van der Waals surface area contributed by atoms with Gasteiger partial charge in [-0.25, -0.2) is 0 Å². The van der Waals surface area contributed by atoms with E-state index in [0.717, 1.165) is 5.56 Å². The molecule has 1 aromatic carbocycles. The van der Waals surface area contributed by atoms with E-state index in [1.165, 1.54) is 4.90 Å². The largest absolute Gasteiger partial charge is 0.276 e. The molecule has 2 amide bonds. The standard InChI is InChI=1S/C18H17ClN2O2/c1-18(10-13-5-7-14(19)8-6-13)11-16(22)21(17(18)23)12-15-4-2-3-9-20-15/h2-9H,10-12H2,1H3. The van der Waals surface area contributed by atoms with Crippen LogP contribution in [0, 0.1) is 5.41 Å². The smallest absolute Gasteiger partial charge is 0.236 e. The van der Waals surface area contributed by atoms with Crippen molar-refractivity contribution in [2.24, 2.45) is 5.41 Å². The van der Waals surface area contributed by atoms with Crippen molar-refractivity contribution in [1.29, 1.82) is 0 Å². The number of aromatic nitrogens is 1. The highest BCUT2D eigenvalue weighted by Crippen LogP contribution is 2.36. The highest BCUT2D eigenvalue weighted by Gasteiger charge is 2.48. The third kappa shape index (κ3) is 3.27. The van der Waals surface area contributed by atoms with E-state index in [-0.39, 0.29) is 24.8 Å². The number of pyridine rings is 1. The second-order valence-electron chi connectivity index (χ2n) is 6.15. The summed E-state index contributed by atoms with van der Waals surface area (Å²) in [5.41, 5.74) is 1.00. The zero-order valence-corrected chi connectivity index (χ0v) is 13.6. The summed E-state index contributed by atoms with van der Waals surface area (Å²) in [7, 11) is 0. The van der Waals surface area contributed by atoms with Gasteiger partial charge in [0, 0.05) is 17.6 Å². The van der Waals surface area contributed by atoms with Crippen LogP contribution in [0.2, 0.25) is 5.02 Å². The Labute approximate surface area is 140 Å². The summed E-state index contributed by atoms with van der Waals surface area (Å²) in [5, 5.41) is 0.657. The van der Waals surface area contributed by atoms with Gasteiger partial charge in [0.15, 0.2) is 0 Å². The van der Waals surface area contributed by atoms with Crippen molar-refractivity contribution in [3.63, 3.8) is 0 Å². The average Bonchev–Trinajstić information content (AvgIpc) is 2.74. The van der Waals surface area contributed by atoms with E-state index in [9.17, 15) is 9.59 Å². The lowest BCUT2D eigenvalue weighted by Crippen LogP contribution is -2.35. The number of carbonyl (C=O) groups is 2. The molecular weight excluding hydrogens is 312 g/mol. The van der Waals surface area contributed by atoms with Gasteiger partial charge in [0.25, 0.3) is 0 Å². The summed E-state index contributed by atoms with van der Waals surface area (Å²) in [5.74, 6) is -0.278. The molecule has 5 heteroatoms. The fourth-order valence-electron chi connectivity index (χ4n) is 2.95. The topological polar surface area (TPSA) is 50.3 Å². The van der Waals surface area contributed by atoms with Crippen LogP contribution in [-0.2, 0) is 22.6 Å². The van der Waals surface area contributed by atoms with E-state index in [1.54, 1.807) is 18.3 Å². The summed E-state index contributed by atoms with van der Waals surface area (Å²) < 4.78 is 0. The molecule has 1 aromatic heterocycles. The first-order valence-corrected chi connectivity index (χ1v) is 7.85. The first kappa shape index (κ1) is 15.7. The minimum absolute atomic E-state index is 0.136. The van der Waals surface area contributed by atoms with Crippen LogP contribution in [0.4, 0.5) is 0 Å². The number of carbonyl (C=O) groups excluding carboxylic acids is 2. The highest BCUT2D eigenvalue weighted by molar-refractivity contribution is 6.30. The average molecular weight is 329 g/mol. The van der Waals surface area contributed by atoms with Gasteiger partial charge >= 0.3 is 0 Å². The third-order valence-electron chi connectivity index (χ3n) is 4.16. The first-order valence-electron chi connectivity index (χ1n) is 7.47. The van der Waals surface area contributed by atoms with Crippen LogP contribution in [0.5, 0.6) is 0 Å². The van der Waals surface area contributed by atoms with Gasteiger partial charge in [-0.15, -0.1) is 0 Å². The van der Waals surface area contributed by atoms with Crippen LogP contribution in [0.15, 0.2) is 48.7 Å². The van der Waals surface area contributed by atoms with Gasteiger partial charge in [0.1, 0.15) is 0 Å². The Hall–Kier alpha value is -2.20. The Bertz CT molecular complexity index is 730. The number of likely N-dealkylation sites (tertiary alicyclic amines) is 1. The molecule has 1 saturated heterocycles. The Morgan fingerprint density at radius 1 is 1.17 bits per heavy atom. The number of halogens is 1. The summed E-state index contributed by atoms with van der Waals surface area (Å²) in [6, 6.07) is 12.9. The Morgan fingerprint density at radius 2 is 1.91 bits per heavy atom. The number of amides is 2. The van der Waals surface area contributed by atoms with E-state index in [2.05, 4.69) is 4.98 Å². The van der Waals surface area contributed by atoms with Crippen molar-refractivity contribution >= 4 is 23.4 Å². The quantitative estimate of drug-likeness (QED) is 0.810. The summed E-state index contributed by atoms with van der Waals surface area (Å²) in [4.78, 5) is 30.6. The number of rotatable bonds is 4. The van der Waals surface area contributed by atoms with Crippen molar-refractivity contribution in [1.82, 2.24) is 9.88 Å². The molecule has 0 spiro atoms. The summed E-state index contributed by atoms with van der Waals surface area (Å²) >= 11 is 5.89. The Balaban J connectivity index is 1.78. The number of benzene rings is 1. The Morgan fingerprint density at radius 3 is 2.57 bits per heavy atom. The maximum atomic E-state index is 12.8. The lowest BCUT2D eigenvalue weighted by molar-refractivity contribution is -0.141. The fourth-order valence-corrected chi connectivity index (χ4v) is 3.07. The minimum atomic E-state index is -0.709. The van der Waals surface area contributed by atoms with Crippen LogP contribution in [-0.4, -0.2) is 21.7 Å². The van der Waals surface area contributed by atoms with Crippen molar-refractivity contribution in [3.8, 4) is 0 Å². The molecule has 4 nitrogen and oxygen atoms in total. The molecule has 2 heterocycles. The minimum Gasteiger partial charge on any atom is -0.276 e. The molecule has 1 atom stereocenters. The van der Waals surface area contributed by atoms with Crippen molar-refractivity contribution in [2.45, 2.75) is 26.3 Å². The van der Waals surface area contributed by atoms with E-state index in [4.69, 9.17) is 11.6 Å². The van der Waals surface area contributed by atoms with E-state index in [0.29, 0.717) is 17.1 Å². The molecule has 0 N–H and O–H groups in total. The molecule has 0 saturated carbocycles. The first-order chi connectivity index (χ1) is 11.0. The van der Waals surface area contributed by atoms with Gasteiger partial charge in [-0.1, -0.05) is 29.8 Å². The molecule has 1 fully saturated rings. The fraction of sp³-hybridized carbons (Fsp3) is 0.278. The highest BCUT2D eigenvalue weighted by atomic mass is 35.5. The maximum absolute atomic E-state index is 12.8. The normalized spacial score (nSPS) is 21.0. The number of hydrogen-bond acceptors (Lipinski definition) is 3. The second-order valence-corrected chi connectivity index (χ2v) is 6.58. The number of hydrogen-bond donors (Lipinski definition) is 0. The van der Waals surface area contributed by atoms with E-state index < -0.39 is 5.41 Å². The SMILES string of the molecule is CC1(Cc2ccc(Cl)cc2)CC(=O)N(Cc2ccccn2)C1=O. The predicted molar refractivity (Wildman–Crippen MR) is 87.7 cm³/mol. The zero-order chi connectivity index (χ0) is 16.4. The molecule has 0 radical (unpaired) electrons. The van der Waals surface area contributed by atoms with Crippen molar-refractivity contribution in [2.75, 3.05) is 0 Å². The monoisotopic (exact) mass is 328 g/mol. The molecule has 0 bridgehead atoms. The molecule has 23 heavy (non-hydrogen) atoms. The van der Waals surface area contributed by atoms with Crippen molar-refractivity contribution < 1.29 is 9.59 Å². The molecule has 118 valence electrons. The molecule has 1 aliphatic rings. The van der Waals surface area contributed by atoms with Gasteiger partial charge in [0.05, 0.1) is 17.7 Å². The molecule has 2 aromatic rings. The van der Waals surface area contributed by atoms with Gasteiger partial charge in [0.2, 0.25) is 11.8 Å². The Kier molecular flexibility index (Phi) is 4.18. The maximum Gasteiger partial charge on any atom is 0.236 e. The predicted octanol–water partition coefficient (Wildman–Crippen LogP) is 3.24. The molecular formula is C18H17ClN2O2. The lowest BCUT2D eigenvalue weighted by atomic mass is 9.82. The van der Waals surface area contributed by atoms with Crippen LogP contribution < -0.4 is 0 Å². The van der Waals surface area contributed by atoms with Crippen LogP contribution in [0.25, 0.3) is 0 Å². The lowest BCUT2D eigenvalue weighted by Gasteiger charge is -2.22. The van der Waals surface area contributed by atoms with Crippen molar-refractivity contribution in [3.05, 3.63) is 64.9 Å². The zero-order valence-electron chi connectivity index (χ0n) is 12.8. The molecule has 3 rings (SSSR count). The van der Waals surface area contributed by atoms with E-state index in [1.807, 2.05) is 37.3 Å². The molecule has 0 aliphatic carbocycles. The van der Waals surface area contributed by atoms with Gasteiger partial charge in [-0.3, -0.25) is 19.5 Å². The second kappa shape index (κ2) is 6.13. The van der Waals surface area contributed by atoms with Crippen LogP contribution in [0.1, 0.15) is 24.6 Å². The number of nitrogens with zero attached hydrogens (tertiary/aromatic N) is 2. The van der Waals surface area contributed by atoms with Gasteiger partial charge < -0.3 is 0 Å². The third-order valence-corrected chi connectivity index (χ3v) is 4.41. The van der Waals surface area contributed by atoms with Gasteiger partial charge in [-0.05, 0) is 43.2 Å².